The fourth-order valence-corrected chi connectivity index (χ4v) is 1.24. The molecule has 0 amide bonds. The van der Waals surface area contributed by atoms with Crippen molar-refractivity contribution in [3.8, 4) is 11.3 Å². The molecule has 0 aliphatic rings. The van der Waals surface area contributed by atoms with Gasteiger partial charge in [-0.1, -0.05) is 0 Å². The van der Waals surface area contributed by atoms with Crippen LogP contribution in [0.2, 0.25) is 5.28 Å². The lowest BCUT2D eigenvalue weighted by Gasteiger charge is -2.03. The van der Waals surface area contributed by atoms with E-state index in [0.717, 1.165) is 5.56 Å². The smallest absolute Gasteiger partial charge is 0.223 e. The molecule has 0 aromatic carbocycles. The highest BCUT2D eigenvalue weighted by Crippen LogP contribution is 2.22. The SMILES string of the molecule is Nc1cnc(Cl)nc1-c1cccnc1. The van der Waals surface area contributed by atoms with E-state index in [9.17, 15) is 0 Å². The minimum atomic E-state index is 0.179. The Hall–Kier alpha value is -1.68. The fourth-order valence-electron chi connectivity index (χ4n) is 1.10. The molecule has 0 bridgehead atoms. The number of rotatable bonds is 1. The molecule has 0 aliphatic carbocycles. The molecule has 4 nitrogen and oxygen atoms in total. The Labute approximate surface area is 85.8 Å². The molecule has 0 unspecified atom stereocenters. The van der Waals surface area contributed by atoms with Crippen LogP contribution >= 0.6 is 11.6 Å². The van der Waals surface area contributed by atoms with Gasteiger partial charge in [-0.15, -0.1) is 0 Å². The zero-order valence-corrected chi connectivity index (χ0v) is 7.94. The number of aromatic nitrogens is 3. The average molecular weight is 207 g/mol. The average Bonchev–Trinajstić information content (AvgIpc) is 2.23. The number of hydrogen-bond acceptors (Lipinski definition) is 4. The van der Waals surface area contributed by atoms with Gasteiger partial charge in [0.25, 0.3) is 0 Å². The van der Waals surface area contributed by atoms with Gasteiger partial charge in [0.1, 0.15) is 0 Å². The lowest BCUT2D eigenvalue weighted by molar-refractivity contribution is 1.17. The summed E-state index contributed by atoms with van der Waals surface area (Å²) in [5.41, 5.74) is 7.64. The summed E-state index contributed by atoms with van der Waals surface area (Å²) in [5.74, 6) is 0. The third-order valence-electron chi connectivity index (χ3n) is 1.72. The normalized spacial score (nSPS) is 10.1. The Balaban J connectivity index is 2.57. The van der Waals surface area contributed by atoms with Gasteiger partial charge in [-0.3, -0.25) is 4.98 Å². The molecule has 2 aromatic rings. The fraction of sp³-hybridized carbons (Fsp3) is 0. The van der Waals surface area contributed by atoms with Crippen molar-refractivity contribution in [1.82, 2.24) is 15.0 Å². The van der Waals surface area contributed by atoms with Gasteiger partial charge < -0.3 is 5.73 Å². The molecule has 0 saturated carbocycles. The van der Waals surface area contributed by atoms with Crippen LogP contribution in [-0.4, -0.2) is 15.0 Å². The predicted octanol–water partition coefficient (Wildman–Crippen LogP) is 1.77. The van der Waals surface area contributed by atoms with Crippen molar-refractivity contribution in [2.24, 2.45) is 0 Å². The van der Waals surface area contributed by atoms with Gasteiger partial charge in [0.2, 0.25) is 5.28 Å². The van der Waals surface area contributed by atoms with E-state index in [-0.39, 0.29) is 5.28 Å². The van der Waals surface area contributed by atoms with E-state index >= 15 is 0 Å². The van der Waals surface area contributed by atoms with Gasteiger partial charge in [0, 0.05) is 18.0 Å². The maximum atomic E-state index is 5.71. The predicted molar refractivity (Wildman–Crippen MR) is 54.7 cm³/mol. The van der Waals surface area contributed by atoms with Crippen LogP contribution in [0.25, 0.3) is 11.3 Å². The Morgan fingerprint density at radius 3 is 2.86 bits per heavy atom. The zero-order valence-electron chi connectivity index (χ0n) is 7.18. The van der Waals surface area contributed by atoms with Crippen LogP contribution in [0.4, 0.5) is 5.69 Å². The van der Waals surface area contributed by atoms with E-state index < -0.39 is 0 Å². The number of nitrogens with two attached hydrogens (primary N) is 1. The van der Waals surface area contributed by atoms with Gasteiger partial charge in [0.05, 0.1) is 17.6 Å². The van der Waals surface area contributed by atoms with Crippen molar-refractivity contribution >= 4 is 17.3 Å². The number of nitrogen functional groups attached to an aromatic ring is 1. The highest BCUT2D eigenvalue weighted by atomic mass is 35.5. The molecule has 2 N–H and O–H groups in total. The standard InChI is InChI=1S/C9H7ClN4/c10-9-13-5-7(11)8(14-9)6-2-1-3-12-4-6/h1-5H,11H2. The van der Waals surface area contributed by atoms with Crippen molar-refractivity contribution in [1.29, 1.82) is 0 Å². The first kappa shape index (κ1) is 8.90. The summed E-state index contributed by atoms with van der Waals surface area (Å²) in [6.07, 6.45) is 4.84. The van der Waals surface area contributed by atoms with Crippen molar-refractivity contribution in [2.45, 2.75) is 0 Å². The van der Waals surface area contributed by atoms with Crippen molar-refractivity contribution in [3.63, 3.8) is 0 Å². The van der Waals surface area contributed by atoms with E-state index in [2.05, 4.69) is 15.0 Å². The number of hydrogen-bond donors (Lipinski definition) is 1. The second-order valence-electron chi connectivity index (χ2n) is 2.68. The molecule has 0 saturated heterocycles. The van der Waals surface area contributed by atoms with E-state index in [1.165, 1.54) is 6.20 Å². The van der Waals surface area contributed by atoms with E-state index in [0.29, 0.717) is 11.4 Å². The third-order valence-corrected chi connectivity index (χ3v) is 1.90. The molecule has 0 radical (unpaired) electrons. The molecule has 2 rings (SSSR count). The Kier molecular flexibility index (Phi) is 2.28. The summed E-state index contributed by atoms with van der Waals surface area (Å²) < 4.78 is 0. The third kappa shape index (κ3) is 1.65. The van der Waals surface area contributed by atoms with Gasteiger partial charge in [0.15, 0.2) is 0 Å². The first-order valence-electron chi connectivity index (χ1n) is 3.96. The first-order valence-corrected chi connectivity index (χ1v) is 4.33. The monoisotopic (exact) mass is 206 g/mol. The Bertz CT molecular complexity index is 444. The van der Waals surface area contributed by atoms with Crippen LogP contribution in [0.3, 0.4) is 0 Å². The maximum Gasteiger partial charge on any atom is 0.223 e. The molecule has 0 spiro atoms. The second-order valence-corrected chi connectivity index (χ2v) is 3.02. The zero-order chi connectivity index (χ0) is 9.97. The summed E-state index contributed by atoms with van der Waals surface area (Å²) >= 11 is 5.67. The van der Waals surface area contributed by atoms with Crippen LogP contribution in [0.5, 0.6) is 0 Å². The van der Waals surface area contributed by atoms with Crippen LogP contribution in [0.1, 0.15) is 0 Å². The minimum absolute atomic E-state index is 0.179. The lowest BCUT2D eigenvalue weighted by Crippen LogP contribution is -1.95. The summed E-state index contributed by atoms with van der Waals surface area (Å²) in [6.45, 7) is 0. The molecular weight excluding hydrogens is 200 g/mol. The summed E-state index contributed by atoms with van der Waals surface area (Å²) in [6, 6.07) is 3.67. The van der Waals surface area contributed by atoms with Crippen molar-refractivity contribution < 1.29 is 0 Å². The molecule has 0 atom stereocenters. The largest absolute Gasteiger partial charge is 0.396 e. The van der Waals surface area contributed by atoms with Gasteiger partial charge in [-0.2, -0.15) is 0 Å². The molecule has 2 heterocycles. The molecule has 70 valence electrons. The highest BCUT2D eigenvalue weighted by Gasteiger charge is 2.05. The van der Waals surface area contributed by atoms with Crippen molar-refractivity contribution in [2.75, 3.05) is 5.73 Å². The van der Waals surface area contributed by atoms with Gasteiger partial charge in [-0.25, -0.2) is 9.97 Å². The van der Waals surface area contributed by atoms with E-state index in [1.54, 1.807) is 12.4 Å². The molecule has 0 aliphatic heterocycles. The van der Waals surface area contributed by atoms with Crippen LogP contribution < -0.4 is 5.73 Å². The maximum absolute atomic E-state index is 5.71. The van der Waals surface area contributed by atoms with E-state index in [4.69, 9.17) is 17.3 Å². The number of anilines is 1. The molecule has 2 aromatic heterocycles. The molecular formula is C9H7ClN4. The lowest BCUT2D eigenvalue weighted by atomic mass is 10.2. The Morgan fingerprint density at radius 2 is 2.14 bits per heavy atom. The summed E-state index contributed by atoms with van der Waals surface area (Å²) in [5, 5.41) is 0.179. The molecule has 0 fully saturated rings. The number of nitrogens with zero attached hydrogens (tertiary/aromatic N) is 3. The number of pyridine rings is 1. The highest BCUT2D eigenvalue weighted by molar-refractivity contribution is 6.28. The summed E-state index contributed by atoms with van der Waals surface area (Å²) in [4.78, 5) is 11.8. The second kappa shape index (κ2) is 3.59. The topological polar surface area (TPSA) is 64.7 Å². The van der Waals surface area contributed by atoms with Crippen LogP contribution in [0, 0.1) is 0 Å². The van der Waals surface area contributed by atoms with Crippen molar-refractivity contribution in [3.05, 3.63) is 36.0 Å². The first-order chi connectivity index (χ1) is 6.77. The van der Waals surface area contributed by atoms with Crippen LogP contribution in [-0.2, 0) is 0 Å². The van der Waals surface area contributed by atoms with Gasteiger partial charge >= 0.3 is 0 Å². The Morgan fingerprint density at radius 1 is 1.29 bits per heavy atom. The summed E-state index contributed by atoms with van der Waals surface area (Å²) in [7, 11) is 0. The van der Waals surface area contributed by atoms with E-state index in [1.807, 2.05) is 12.1 Å². The molecule has 14 heavy (non-hydrogen) atoms. The number of halogens is 1. The van der Waals surface area contributed by atoms with Gasteiger partial charge in [-0.05, 0) is 23.7 Å². The minimum Gasteiger partial charge on any atom is -0.396 e. The molecule has 5 heteroatoms. The van der Waals surface area contributed by atoms with Crippen LogP contribution in [0.15, 0.2) is 30.7 Å². The quantitative estimate of drug-likeness (QED) is 0.723.